The molecule has 0 saturated carbocycles. The van der Waals surface area contributed by atoms with E-state index in [4.69, 9.17) is 6.85 Å². The van der Waals surface area contributed by atoms with Crippen molar-refractivity contribution in [3.8, 4) is 55.6 Å². The summed E-state index contributed by atoms with van der Waals surface area (Å²) in [5.41, 5.74) is 16.4. The molecule has 0 bridgehead atoms. The fraction of sp³-hybridized carbons (Fsp3) is 0.0345. The van der Waals surface area contributed by atoms with Crippen molar-refractivity contribution in [3.05, 3.63) is 228 Å². The van der Waals surface area contributed by atoms with E-state index in [0.717, 1.165) is 15.5 Å². The molecule has 2 aliphatic rings. The minimum absolute atomic E-state index is 0.192. The van der Waals surface area contributed by atoms with Crippen molar-refractivity contribution in [2.45, 2.75) is 12.3 Å². The van der Waals surface area contributed by atoms with Gasteiger partial charge < -0.3 is 0 Å². The largest absolute Gasteiger partial charge is 0.134 e. The molecule has 0 unspecified atom stereocenters. The second-order valence-corrected chi connectivity index (χ2v) is 17.0. The minimum atomic E-state index is -0.579. The standard InChI is InChI=1S/C58H36S/c1-35-23-25-37(26-24-35)54-43-17-5-7-19-45(43)55(46-20-8-6-18-44(46)54)39-28-30-48-52(33-39)58(49-21-11-9-15-40(49)41-16-10-12-22-50(41)58)51-32-31-47-42-29-27-38(36-13-3-2-4-14-36)34-53(42)59-57(47)56(48)51/h2-34H,1H3/i2D,3D,4D,13D,14D. The molecule has 1 aromatic heterocycles. The minimum Gasteiger partial charge on any atom is -0.134 e. The number of hydrogen-bond donors (Lipinski definition) is 0. The highest BCUT2D eigenvalue weighted by molar-refractivity contribution is 7.26. The normalized spacial score (nSPS) is 14.5. The highest BCUT2D eigenvalue weighted by Gasteiger charge is 2.52. The summed E-state index contributed by atoms with van der Waals surface area (Å²) >= 11 is 1.72. The zero-order valence-electron chi connectivity index (χ0n) is 37.1. The molecule has 10 aromatic carbocycles. The van der Waals surface area contributed by atoms with E-state index in [9.17, 15) is 0 Å². The van der Waals surface area contributed by atoms with Gasteiger partial charge in [-0.3, -0.25) is 0 Å². The third kappa shape index (κ3) is 4.43. The van der Waals surface area contributed by atoms with Gasteiger partial charge in [-0.25, -0.2) is 0 Å². The van der Waals surface area contributed by atoms with E-state index in [1.807, 2.05) is 12.1 Å². The summed E-state index contributed by atoms with van der Waals surface area (Å²) in [6.07, 6.45) is 0. The van der Waals surface area contributed by atoms with Crippen LogP contribution in [0.15, 0.2) is 200 Å². The summed E-state index contributed by atoms with van der Waals surface area (Å²) in [5.74, 6) is 0. The lowest BCUT2D eigenvalue weighted by Gasteiger charge is -2.31. The molecule has 0 saturated heterocycles. The zero-order valence-corrected chi connectivity index (χ0v) is 32.9. The van der Waals surface area contributed by atoms with Gasteiger partial charge in [0.2, 0.25) is 0 Å². The molecule has 0 amide bonds. The Kier molecular flexibility index (Phi) is 5.88. The molecule has 59 heavy (non-hydrogen) atoms. The predicted octanol–water partition coefficient (Wildman–Crippen LogP) is 16.0. The lowest BCUT2D eigenvalue weighted by Crippen LogP contribution is -2.25. The van der Waals surface area contributed by atoms with Crippen molar-refractivity contribution in [1.82, 2.24) is 0 Å². The van der Waals surface area contributed by atoms with Crippen LogP contribution in [0.3, 0.4) is 0 Å². The van der Waals surface area contributed by atoms with E-state index in [2.05, 4.69) is 165 Å². The maximum atomic E-state index is 8.74. The number of hydrogen-bond acceptors (Lipinski definition) is 1. The van der Waals surface area contributed by atoms with Crippen molar-refractivity contribution in [1.29, 1.82) is 0 Å². The summed E-state index contributed by atoms with van der Waals surface area (Å²) in [5, 5.41) is 7.11. The molecule has 274 valence electrons. The average Bonchev–Trinajstić information content (AvgIpc) is 3.96. The number of benzene rings is 10. The van der Waals surface area contributed by atoms with Gasteiger partial charge in [0.1, 0.15) is 0 Å². The van der Waals surface area contributed by atoms with Gasteiger partial charge in [-0.15, -0.1) is 11.3 Å². The van der Waals surface area contributed by atoms with Crippen LogP contribution in [-0.4, -0.2) is 0 Å². The van der Waals surface area contributed by atoms with E-state index < -0.39 is 5.41 Å². The zero-order chi connectivity index (χ0) is 43.2. The first-order valence-electron chi connectivity index (χ1n) is 22.7. The average molecular weight is 770 g/mol. The molecule has 13 rings (SSSR count). The van der Waals surface area contributed by atoms with E-state index in [0.29, 0.717) is 5.56 Å². The number of fused-ring (bicyclic) bond motifs is 16. The van der Waals surface area contributed by atoms with Crippen LogP contribution < -0.4 is 0 Å². The first-order valence-corrected chi connectivity index (χ1v) is 21.0. The molecule has 1 heterocycles. The summed E-state index contributed by atoms with van der Waals surface area (Å²) < 4.78 is 44.6. The van der Waals surface area contributed by atoms with Crippen LogP contribution in [-0.2, 0) is 5.41 Å². The molecule has 2 aliphatic carbocycles. The first-order chi connectivity index (χ1) is 31.3. The smallest absolute Gasteiger partial charge is 0.0726 e. The summed E-state index contributed by atoms with van der Waals surface area (Å²) in [6.45, 7) is 2.14. The van der Waals surface area contributed by atoms with E-state index in [1.54, 1.807) is 11.3 Å². The van der Waals surface area contributed by atoms with Gasteiger partial charge in [-0.1, -0.05) is 194 Å². The lowest BCUT2D eigenvalue weighted by atomic mass is 9.70. The summed E-state index contributed by atoms with van der Waals surface area (Å²) in [6, 6.07) is 60.9. The fourth-order valence-electron chi connectivity index (χ4n) is 10.6. The van der Waals surface area contributed by atoms with Crippen LogP contribution in [0.5, 0.6) is 0 Å². The molecule has 0 nitrogen and oxygen atoms in total. The Morgan fingerprint density at radius 1 is 0.390 bits per heavy atom. The first kappa shape index (κ1) is 28.4. The molecular formula is C58H36S. The molecule has 1 spiro atoms. The van der Waals surface area contributed by atoms with E-state index in [-0.39, 0.29) is 35.8 Å². The quantitative estimate of drug-likeness (QED) is 0.157. The molecule has 11 aromatic rings. The van der Waals surface area contributed by atoms with Crippen LogP contribution in [0.1, 0.15) is 34.7 Å². The Morgan fingerprint density at radius 2 is 0.949 bits per heavy atom. The van der Waals surface area contributed by atoms with Crippen molar-refractivity contribution in [2.75, 3.05) is 0 Å². The van der Waals surface area contributed by atoms with Crippen LogP contribution in [0.2, 0.25) is 0 Å². The summed E-state index contributed by atoms with van der Waals surface area (Å²) in [7, 11) is 0. The maximum Gasteiger partial charge on any atom is 0.0726 e. The van der Waals surface area contributed by atoms with Crippen molar-refractivity contribution in [3.63, 3.8) is 0 Å². The lowest BCUT2D eigenvalue weighted by molar-refractivity contribution is 0.795. The highest BCUT2D eigenvalue weighted by atomic mass is 32.1. The Bertz CT molecular complexity index is 3730. The monoisotopic (exact) mass is 769 g/mol. The van der Waals surface area contributed by atoms with Crippen molar-refractivity contribution < 1.29 is 6.85 Å². The van der Waals surface area contributed by atoms with E-state index in [1.165, 1.54) is 98.6 Å². The molecule has 0 atom stereocenters. The van der Waals surface area contributed by atoms with Crippen molar-refractivity contribution in [2.24, 2.45) is 0 Å². The number of thiophene rings is 1. The summed E-state index contributed by atoms with van der Waals surface area (Å²) in [4.78, 5) is 0. The van der Waals surface area contributed by atoms with Gasteiger partial charge >= 0.3 is 0 Å². The molecule has 0 aliphatic heterocycles. The molecule has 1 heteroatoms. The predicted molar refractivity (Wildman–Crippen MR) is 252 cm³/mol. The topological polar surface area (TPSA) is 0 Å². The van der Waals surface area contributed by atoms with Crippen LogP contribution in [0.4, 0.5) is 0 Å². The Morgan fingerprint density at radius 3 is 1.61 bits per heavy atom. The Balaban J connectivity index is 1.11. The van der Waals surface area contributed by atoms with Gasteiger partial charge in [0.05, 0.1) is 12.3 Å². The maximum absolute atomic E-state index is 8.74. The Hall–Kier alpha value is -7.06. The van der Waals surface area contributed by atoms with E-state index >= 15 is 0 Å². The second kappa shape index (κ2) is 12.2. The van der Waals surface area contributed by atoms with Crippen LogP contribution in [0, 0.1) is 6.92 Å². The van der Waals surface area contributed by atoms with Crippen LogP contribution in [0.25, 0.3) is 97.4 Å². The molecular weight excluding hydrogens is 729 g/mol. The van der Waals surface area contributed by atoms with Gasteiger partial charge in [-0.2, -0.15) is 0 Å². The fourth-order valence-corrected chi connectivity index (χ4v) is 11.9. The molecule has 0 radical (unpaired) electrons. The van der Waals surface area contributed by atoms with Gasteiger partial charge in [0.25, 0.3) is 0 Å². The third-order valence-corrected chi connectivity index (χ3v) is 14.2. The number of rotatable bonds is 3. The van der Waals surface area contributed by atoms with Gasteiger partial charge in [0.15, 0.2) is 0 Å². The van der Waals surface area contributed by atoms with Gasteiger partial charge in [-0.05, 0) is 113 Å². The highest BCUT2D eigenvalue weighted by Crippen LogP contribution is 2.65. The van der Waals surface area contributed by atoms with Crippen LogP contribution >= 0.6 is 11.3 Å². The number of aryl methyl sites for hydroxylation is 1. The molecule has 0 N–H and O–H groups in total. The Labute approximate surface area is 354 Å². The van der Waals surface area contributed by atoms with Gasteiger partial charge in [0, 0.05) is 25.7 Å². The van der Waals surface area contributed by atoms with Crippen molar-refractivity contribution >= 4 is 53.1 Å². The SMILES string of the molecule is [2H]c1c([2H])c([2H])c(-c2ccc3c(c2)sc2c4c(ccc23)C2(c3ccccc3-c3ccccc32)c2cc(-c3c5ccccc5c(-c5ccc(C)cc5)c5ccccc35)ccc2-4)c([2H])c1[2H]. The molecule has 0 fully saturated rings. The third-order valence-electron chi connectivity index (χ3n) is 13.0. The second-order valence-electron chi connectivity index (χ2n) is 16.0.